The number of hydrogen-bond donors (Lipinski definition) is 1. The van der Waals surface area contributed by atoms with Gasteiger partial charge >= 0.3 is 5.97 Å². The fourth-order valence-corrected chi connectivity index (χ4v) is 0.465. The lowest BCUT2D eigenvalue weighted by molar-refractivity contribution is -0.304. The Morgan fingerprint density at radius 2 is 1.81 bits per heavy atom. The number of Topliss-reactive ketones (excluding diaryl/α,β-unsaturated/α-hetero) is 1. The van der Waals surface area contributed by atoms with Crippen molar-refractivity contribution in [3.05, 3.63) is 12.2 Å². The number of aliphatic carboxylic acids is 1. The highest BCUT2D eigenvalue weighted by molar-refractivity contribution is 5.92. The van der Waals surface area contributed by atoms with Gasteiger partial charge in [0.1, 0.15) is 12.4 Å². The molecule has 0 bridgehead atoms. The maximum atomic E-state index is 10.5. The van der Waals surface area contributed by atoms with Crippen LogP contribution in [-0.2, 0) is 19.1 Å². The standard InChI is InChI=1S/C6H10O3.C4H6O3/c1-5(2)6(8)9-4-3-7;1-3(5)2-4(6)7/h7H,1,3-4H2,2H3;2H2,1H3,(H,6,7)/p-1. The van der Waals surface area contributed by atoms with Crippen LogP contribution in [0.25, 0.3) is 0 Å². The molecule has 0 saturated carbocycles. The van der Waals surface area contributed by atoms with Gasteiger partial charge in [-0.1, -0.05) is 6.58 Å². The van der Waals surface area contributed by atoms with Gasteiger partial charge in [-0.3, -0.25) is 4.79 Å². The summed E-state index contributed by atoms with van der Waals surface area (Å²) in [6.07, 6.45) is -0.472. The Hall–Kier alpha value is -1.69. The lowest BCUT2D eigenvalue weighted by atomic mass is 10.3. The molecule has 0 fully saturated rings. The van der Waals surface area contributed by atoms with E-state index < -0.39 is 18.4 Å². The molecular weight excluding hydrogens is 216 g/mol. The molecule has 0 aliphatic carbocycles. The maximum Gasteiger partial charge on any atom is 0.333 e. The van der Waals surface area contributed by atoms with E-state index in [1.807, 2.05) is 0 Å². The Morgan fingerprint density at radius 3 is 2.00 bits per heavy atom. The molecule has 0 heterocycles. The van der Waals surface area contributed by atoms with Crippen LogP contribution in [0.2, 0.25) is 0 Å². The van der Waals surface area contributed by atoms with E-state index in [1.54, 1.807) is 6.92 Å². The average molecular weight is 231 g/mol. The molecule has 0 radical (unpaired) electrons. The summed E-state index contributed by atoms with van der Waals surface area (Å²) >= 11 is 0. The number of esters is 1. The highest BCUT2D eigenvalue weighted by Gasteiger charge is 1.99. The molecule has 0 atom stereocenters. The second-order valence-electron chi connectivity index (χ2n) is 2.89. The summed E-state index contributed by atoms with van der Waals surface area (Å²) in [6, 6.07) is 0. The molecule has 16 heavy (non-hydrogen) atoms. The van der Waals surface area contributed by atoms with E-state index in [0.29, 0.717) is 5.57 Å². The quantitative estimate of drug-likeness (QED) is 0.362. The zero-order chi connectivity index (χ0) is 13.1. The van der Waals surface area contributed by atoms with Gasteiger partial charge in [-0.05, 0) is 13.8 Å². The van der Waals surface area contributed by atoms with Gasteiger partial charge in [0.15, 0.2) is 0 Å². The summed E-state index contributed by atoms with van der Waals surface area (Å²) < 4.78 is 4.46. The van der Waals surface area contributed by atoms with Crippen molar-refractivity contribution < 1.29 is 29.3 Å². The molecular formula is C10H15O6-. The molecule has 0 amide bonds. The first-order valence-electron chi connectivity index (χ1n) is 4.44. The molecule has 92 valence electrons. The second-order valence-corrected chi connectivity index (χ2v) is 2.89. The predicted octanol–water partition coefficient (Wildman–Crippen LogP) is -1.19. The van der Waals surface area contributed by atoms with Crippen molar-refractivity contribution >= 4 is 17.7 Å². The zero-order valence-corrected chi connectivity index (χ0v) is 9.32. The summed E-state index contributed by atoms with van der Waals surface area (Å²) in [5, 5.41) is 17.7. The highest BCUT2D eigenvalue weighted by Crippen LogP contribution is 1.89. The van der Waals surface area contributed by atoms with Crippen LogP contribution in [-0.4, -0.2) is 36.0 Å². The number of aliphatic hydroxyl groups excluding tert-OH is 1. The van der Waals surface area contributed by atoms with Crippen LogP contribution in [0.5, 0.6) is 0 Å². The van der Waals surface area contributed by atoms with Crippen LogP contribution in [0.1, 0.15) is 20.3 Å². The smallest absolute Gasteiger partial charge is 0.333 e. The van der Waals surface area contributed by atoms with Crippen LogP contribution in [0, 0.1) is 0 Å². The van der Waals surface area contributed by atoms with Crippen molar-refractivity contribution in [3.63, 3.8) is 0 Å². The summed E-state index contributed by atoms with van der Waals surface area (Å²) in [7, 11) is 0. The van der Waals surface area contributed by atoms with Crippen molar-refractivity contribution in [2.24, 2.45) is 0 Å². The molecule has 6 nitrogen and oxygen atoms in total. The fraction of sp³-hybridized carbons (Fsp3) is 0.500. The van der Waals surface area contributed by atoms with Crippen molar-refractivity contribution in [3.8, 4) is 0 Å². The minimum absolute atomic E-state index is 0.0473. The molecule has 1 N–H and O–H groups in total. The third kappa shape index (κ3) is 14.8. The Kier molecular flexibility index (Phi) is 10.3. The Bertz CT molecular complexity index is 256. The number of carboxylic acid groups (broad SMARTS) is 1. The van der Waals surface area contributed by atoms with Crippen molar-refractivity contribution in [2.75, 3.05) is 13.2 Å². The van der Waals surface area contributed by atoms with Gasteiger partial charge in [-0.15, -0.1) is 0 Å². The predicted molar refractivity (Wildman–Crippen MR) is 53.2 cm³/mol. The van der Waals surface area contributed by atoms with Gasteiger partial charge in [-0.25, -0.2) is 4.79 Å². The van der Waals surface area contributed by atoms with Crippen molar-refractivity contribution in [2.45, 2.75) is 20.3 Å². The number of ketones is 1. The monoisotopic (exact) mass is 231 g/mol. The van der Waals surface area contributed by atoms with Crippen molar-refractivity contribution in [1.29, 1.82) is 0 Å². The molecule has 0 unspecified atom stereocenters. The minimum Gasteiger partial charge on any atom is -0.550 e. The summed E-state index contributed by atoms with van der Waals surface area (Å²) in [6.45, 7) is 6.02. The van der Waals surface area contributed by atoms with Crippen LogP contribution in [0.15, 0.2) is 12.2 Å². The van der Waals surface area contributed by atoms with Crippen LogP contribution >= 0.6 is 0 Å². The van der Waals surface area contributed by atoms with Gasteiger partial charge in [-0.2, -0.15) is 0 Å². The molecule has 6 heteroatoms. The van der Waals surface area contributed by atoms with Gasteiger partial charge in [0.2, 0.25) is 0 Å². The molecule has 0 spiro atoms. The Balaban J connectivity index is 0. The summed E-state index contributed by atoms with van der Waals surface area (Å²) in [4.78, 5) is 29.8. The highest BCUT2D eigenvalue weighted by atomic mass is 16.5. The molecule has 0 aromatic heterocycles. The second kappa shape index (κ2) is 9.85. The van der Waals surface area contributed by atoms with Crippen LogP contribution in [0.4, 0.5) is 0 Å². The summed E-state index contributed by atoms with van der Waals surface area (Å²) in [5.74, 6) is -2.14. The average Bonchev–Trinajstić information content (AvgIpc) is 2.12. The van der Waals surface area contributed by atoms with Crippen LogP contribution in [0.3, 0.4) is 0 Å². The number of aliphatic hydroxyl groups is 1. The molecule has 0 aromatic carbocycles. The van der Waals surface area contributed by atoms with E-state index in [9.17, 15) is 19.5 Å². The first-order chi connectivity index (χ1) is 7.31. The van der Waals surface area contributed by atoms with Crippen molar-refractivity contribution in [1.82, 2.24) is 0 Å². The Labute approximate surface area is 93.5 Å². The van der Waals surface area contributed by atoms with Gasteiger partial charge in [0.05, 0.1) is 6.61 Å². The Morgan fingerprint density at radius 1 is 1.31 bits per heavy atom. The first-order valence-corrected chi connectivity index (χ1v) is 4.44. The summed E-state index contributed by atoms with van der Waals surface area (Å²) in [5.41, 5.74) is 0.350. The molecule has 0 rings (SSSR count). The minimum atomic E-state index is -1.31. The molecule has 0 saturated heterocycles. The van der Waals surface area contributed by atoms with E-state index in [1.165, 1.54) is 6.92 Å². The fourth-order valence-electron chi connectivity index (χ4n) is 0.465. The third-order valence-corrected chi connectivity index (χ3v) is 1.07. The SMILES string of the molecule is C=C(C)C(=O)OCCO.CC(=O)CC(=O)[O-]. The number of carbonyl (C=O) groups is 3. The third-order valence-electron chi connectivity index (χ3n) is 1.07. The largest absolute Gasteiger partial charge is 0.550 e. The normalized spacial score (nSPS) is 8.44. The van der Waals surface area contributed by atoms with E-state index >= 15 is 0 Å². The van der Waals surface area contributed by atoms with E-state index in [-0.39, 0.29) is 19.0 Å². The van der Waals surface area contributed by atoms with Gasteiger partial charge in [0.25, 0.3) is 0 Å². The number of carboxylic acids is 1. The maximum absolute atomic E-state index is 10.5. The van der Waals surface area contributed by atoms with E-state index in [0.717, 1.165) is 0 Å². The molecule has 0 aliphatic heterocycles. The molecule has 0 aliphatic rings. The van der Waals surface area contributed by atoms with E-state index in [2.05, 4.69) is 11.3 Å². The van der Waals surface area contributed by atoms with Gasteiger partial charge < -0.3 is 19.7 Å². The van der Waals surface area contributed by atoms with Gasteiger partial charge in [0, 0.05) is 18.0 Å². The lowest BCUT2D eigenvalue weighted by Crippen LogP contribution is -2.24. The first kappa shape index (κ1) is 16.7. The molecule has 0 aromatic rings. The zero-order valence-electron chi connectivity index (χ0n) is 9.32. The number of carbonyl (C=O) groups excluding carboxylic acids is 3. The van der Waals surface area contributed by atoms with Crippen LogP contribution < -0.4 is 5.11 Å². The lowest BCUT2D eigenvalue weighted by Gasteiger charge is -1.99. The topological polar surface area (TPSA) is 104 Å². The van der Waals surface area contributed by atoms with E-state index in [4.69, 9.17) is 5.11 Å². The number of hydrogen-bond acceptors (Lipinski definition) is 6. The number of rotatable bonds is 5. The number of ether oxygens (including phenoxy) is 1.